The van der Waals surface area contributed by atoms with Crippen LogP contribution in [0.1, 0.15) is 67.7 Å². The Morgan fingerprint density at radius 1 is 1.32 bits per heavy atom. The molecule has 0 saturated carbocycles. The first kappa shape index (κ1) is 22.3. The maximum Gasteiger partial charge on any atom is 0.192 e. The standard InChI is InChI=1S/C21H38O3Si/c1-11-21(8,23)13-12-16-15(2)17(22)14-18(20(16,6)7)24-25(9,10)19(3,4)5/h11,18,23H,1,12-14H2,2-10H3. The molecule has 0 aromatic carbocycles. The summed E-state index contributed by atoms with van der Waals surface area (Å²) in [5.74, 6) is 0.177. The molecule has 0 radical (unpaired) electrons. The number of aliphatic hydroxyl groups is 1. The molecular formula is C21H38O3Si. The van der Waals surface area contributed by atoms with Crippen LogP contribution in [0.2, 0.25) is 18.1 Å². The monoisotopic (exact) mass is 366 g/mol. The third kappa shape index (κ3) is 4.93. The maximum atomic E-state index is 12.6. The van der Waals surface area contributed by atoms with Gasteiger partial charge in [-0.05, 0) is 50.4 Å². The zero-order valence-corrected chi connectivity index (χ0v) is 18.7. The minimum Gasteiger partial charge on any atom is -0.413 e. The molecule has 2 unspecified atom stereocenters. The molecule has 0 aromatic rings. The van der Waals surface area contributed by atoms with E-state index in [-0.39, 0.29) is 22.3 Å². The van der Waals surface area contributed by atoms with E-state index >= 15 is 0 Å². The first-order valence-electron chi connectivity index (χ1n) is 9.32. The Labute approximate surface area is 155 Å². The van der Waals surface area contributed by atoms with Gasteiger partial charge in [-0.25, -0.2) is 0 Å². The minimum absolute atomic E-state index is 0.103. The van der Waals surface area contributed by atoms with Crippen molar-refractivity contribution in [1.82, 2.24) is 0 Å². The zero-order chi connectivity index (χ0) is 19.8. The number of allylic oxidation sites excluding steroid dienone is 1. The summed E-state index contributed by atoms with van der Waals surface area (Å²) in [6.07, 6.45) is 3.16. The fourth-order valence-corrected chi connectivity index (χ4v) is 4.58. The van der Waals surface area contributed by atoms with Gasteiger partial charge >= 0.3 is 0 Å². The average Bonchev–Trinajstić information content (AvgIpc) is 2.43. The molecule has 0 amide bonds. The van der Waals surface area contributed by atoms with Gasteiger partial charge < -0.3 is 9.53 Å². The molecule has 4 heteroatoms. The molecule has 0 bridgehead atoms. The third-order valence-corrected chi connectivity index (χ3v) is 10.9. The van der Waals surface area contributed by atoms with Crippen LogP contribution in [0, 0.1) is 5.41 Å². The van der Waals surface area contributed by atoms with Crippen LogP contribution < -0.4 is 0 Å². The highest BCUT2D eigenvalue weighted by Gasteiger charge is 2.47. The fraction of sp³-hybridized carbons (Fsp3) is 0.762. The molecule has 1 aliphatic rings. The lowest BCUT2D eigenvalue weighted by Gasteiger charge is -2.47. The van der Waals surface area contributed by atoms with E-state index in [1.807, 2.05) is 6.92 Å². The molecule has 0 aromatic heterocycles. The molecule has 0 saturated heterocycles. The van der Waals surface area contributed by atoms with Crippen LogP contribution in [0.15, 0.2) is 23.8 Å². The van der Waals surface area contributed by atoms with E-state index in [0.29, 0.717) is 19.3 Å². The topological polar surface area (TPSA) is 46.5 Å². The molecule has 0 spiro atoms. The van der Waals surface area contributed by atoms with Crippen LogP contribution in [0.5, 0.6) is 0 Å². The van der Waals surface area contributed by atoms with E-state index in [4.69, 9.17) is 4.43 Å². The van der Waals surface area contributed by atoms with E-state index in [2.05, 4.69) is 54.3 Å². The van der Waals surface area contributed by atoms with E-state index < -0.39 is 13.9 Å². The summed E-state index contributed by atoms with van der Waals surface area (Å²) in [7, 11) is -1.97. The Balaban J connectivity index is 3.15. The second kappa shape index (κ2) is 7.13. The van der Waals surface area contributed by atoms with Gasteiger partial charge in [0, 0.05) is 11.8 Å². The third-order valence-electron chi connectivity index (χ3n) is 6.39. The second-order valence-electron chi connectivity index (χ2n) is 9.88. The minimum atomic E-state index is -1.97. The van der Waals surface area contributed by atoms with Crippen molar-refractivity contribution in [2.24, 2.45) is 5.41 Å². The van der Waals surface area contributed by atoms with Crippen molar-refractivity contribution in [2.45, 2.75) is 97.6 Å². The summed E-state index contributed by atoms with van der Waals surface area (Å²) in [4.78, 5) is 12.6. The Morgan fingerprint density at radius 2 is 1.84 bits per heavy atom. The summed E-state index contributed by atoms with van der Waals surface area (Å²) >= 11 is 0. The van der Waals surface area contributed by atoms with Crippen molar-refractivity contribution in [3.05, 3.63) is 23.8 Å². The Morgan fingerprint density at radius 3 is 2.28 bits per heavy atom. The Hall–Kier alpha value is -0.713. The first-order valence-corrected chi connectivity index (χ1v) is 12.2. The number of hydrogen-bond acceptors (Lipinski definition) is 3. The highest BCUT2D eigenvalue weighted by molar-refractivity contribution is 6.74. The van der Waals surface area contributed by atoms with Crippen LogP contribution in [0.25, 0.3) is 0 Å². The largest absolute Gasteiger partial charge is 0.413 e. The van der Waals surface area contributed by atoms with E-state index in [1.54, 1.807) is 13.0 Å². The predicted octanol–water partition coefficient (Wildman–Crippen LogP) is 5.41. The molecule has 2 atom stereocenters. The highest BCUT2D eigenvalue weighted by atomic mass is 28.4. The smallest absolute Gasteiger partial charge is 0.192 e. The van der Waals surface area contributed by atoms with Crippen LogP contribution in [-0.2, 0) is 9.22 Å². The van der Waals surface area contributed by atoms with Gasteiger partial charge in [-0.2, -0.15) is 0 Å². The zero-order valence-electron chi connectivity index (χ0n) is 17.7. The Kier molecular flexibility index (Phi) is 6.36. The SMILES string of the molecule is C=CC(C)(O)CCC1=C(C)C(=O)CC(O[Si](C)(C)C(C)(C)C)C1(C)C. The number of carbonyl (C=O) groups is 1. The molecular weight excluding hydrogens is 328 g/mol. The highest BCUT2D eigenvalue weighted by Crippen LogP contribution is 2.47. The second-order valence-corrected chi connectivity index (χ2v) is 14.6. The summed E-state index contributed by atoms with van der Waals surface area (Å²) in [6, 6.07) is 0. The number of carbonyl (C=O) groups excluding carboxylic acids is 1. The number of hydrogen-bond donors (Lipinski definition) is 1. The molecule has 0 heterocycles. The molecule has 3 nitrogen and oxygen atoms in total. The lowest BCUT2D eigenvalue weighted by Crippen LogP contribution is -2.50. The van der Waals surface area contributed by atoms with Crippen LogP contribution in [-0.4, -0.2) is 30.9 Å². The normalized spacial score (nSPS) is 24.2. The quantitative estimate of drug-likeness (QED) is 0.505. The van der Waals surface area contributed by atoms with Crippen LogP contribution in [0.4, 0.5) is 0 Å². The van der Waals surface area contributed by atoms with Gasteiger partial charge in [0.15, 0.2) is 14.1 Å². The maximum absolute atomic E-state index is 12.6. The van der Waals surface area contributed by atoms with Crippen molar-refractivity contribution < 1.29 is 14.3 Å². The molecule has 25 heavy (non-hydrogen) atoms. The lowest BCUT2D eigenvalue weighted by molar-refractivity contribution is -0.119. The van der Waals surface area contributed by atoms with Crippen molar-refractivity contribution >= 4 is 14.1 Å². The van der Waals surface area contributed by atoms with Gasteiger partial charge in [-0.15, -0.1) is 6.58 Å². The summed E-state index contributed by atoms with van der Waals surface area (Å²) in [5.41, 5.74) is 0.833. The van der Waals surface area contributed by atoms with Gasteiger partial charge in [0.1, 0.15) is 0 Å². The van der Waals surface area contributed by atoms with E-state index in [9.17, 15) is 9.90 Å². The Bertz CT molecular complexity index is 562. The van der Waals surface area contributed by atoms with Gasteiger partial charge in [0.25, 0.3) is 0 Å². The molecule has 0 aliphatic heterocycles. The number of Topliss-reactive ketones (excluding diaryl/α,β-unsaturated/α-hetero) is 1. The average molecular weight is 367 g/mol. The molecule has 0 fully saturated rings. The fourth-order valence-electron chi connectivity index (χ4n) is 3.13. The molecule has 1 rings (SSSR count). The summed E-state index contributed by atoms with van der Waals surface area (Å²) in [6.45, 7) is 22.9. The predicted molar refractivity (Wildman–Crippen MR) is 108 cm³/mol. The van der Waals surface area contributed by atoms with Crippen molar-refractivity contribution in [3.8, 4) is 0 Å². The van der Waals surface area contributed by atoms with Crippen LogP contribution >= 0.6 is 0 Å². The summed E-state index contributed by atoms with van der Waals surface area (Å²) < 4.78 is 6.67. The number of rotatable bonds is 6. The van der Waals surface area contributed by atoms with Gasteiger partial charge in [-0.3, -0.25) is 4.79 Å². The lowest BCUT2D eigenvalue weighted by atomic mass is 9.68. The van der Waals surface area contributed by atoms with E-state index in [1.165, 1.54) is 0 Å². The van der Waals surface area contributed by atoms with Gasteiger partial charge in [-0.1, -0.05) is 46.3 Å². The number of ketones is 1. The molecule has 1 aliphatic carbocycles. The van der Waals surface area contributed by atoms with E-state index in [0.717, 1.165) is 11.1 Å². The molecule has 1 N–H and O–H groups in total. The molecule has 144 valence electrons. The van der Waals surface area contributed by atoms with Crippen molar-refractivity contribution in [3.63, 3.8) is 0 Å². The van der Waals surface area contributed by atoms with Crippen LogP contribution in [0.3, 0.4) is 0 Å². The van der Waals surface area contributed by atoms with Crippen molar-refractivity contribution in [1.29, 1.82) is 0 Å². The van der Waals surface area contributed by atoms with Gasteiger partial charge in [0.2, 0.25) is 0 Å². The van der Waals surface area contributed by atoms with Gasteiger partial charge in [0.05, 0.1) is 11.7 Å². The summed E-state index contributed by atoms with van der Waals surface area (Å²) in [5, 5.41) is 10.4. The van der Waals surface area contributed by atoms with Crippen molar-refractivity contribution in [2.75, 3.05) is 0 Å². The first-order chi connectivity index (χ1) is 11.0.